The Labute approximate surface area is 118 Å². The van der Waals surface area contributed by atoms with E-state index in [4.69, 9.17) is 5.73 Å². The van der Waals surface area contributed by atoms with Gasteiger partial charge in [-0.25, -0.2) is 4.98 Å². The van der Waals surface area contributed by atoms with Gasteiger partial charge in [0.15, 0.2) is 0 Å². The fourth-order valence-corrected chi connectivity index (χ4v) is 1.95. The van der Waals surface area contributed by atoms with Gasteiger partial charge in [-0.1, -0.05) is 0 Å². The van der Waals surface area contributed by atoms with Crippen LogP contribution in [0.3, 0.4) is 0 Å². The molecule has 1 amide bonds. The molecule has 0 saturated carbocycles. The molecule has 0 aliphatic heterocycles. The molecule has 17 heavy (non-hydrogen) atoms. The van der Waals surface area contributed by atoms with E-state index in [-0.39, 0.29) is 42.8 Å². The molecule has 0 radical (unpaired) electrons. The summed E-state index contributed by atoms with van der Waals surface area (Å²) < 4.78 is 0. The van der Waals surface area contributed by atoms with Crippen molar-refractivity contribution in [3.63, 3.8) is 0 Å². The number of hydrogen-bond acceptors (Lipinski definition) is 4. The third kappa shape index (κ3) is 6.83. The molecule has 3 N–H and O–H groups in total. The topological polar surface area (TPSA) is 68.0 Å². The van der Waals surface area contributed by atoms with E-state index in [9.17, 15) is 4.79 Å². The molecule has 2 unspecified atom stereocenters. The van der Waals surface area contributed by atoms with Crippen molar-refractivity contribution in [2.24, 2.45) is 5.73 Å². The number of hydrogen-bond donors (Lipinski definition) is 2. The second-order valence-corrected chi connectivity index (χ2v) is 4.82. The maximum Gasteiger partial charge on any atom is 0.222 e. The van der Waals surface area contributed by atoms with Crippen LogP contribution in [0.5, 0.6) is 0 Å². The number of halogens is 2. The number of thiazole rings is 1. The van der Waals surface area contributed by atoms with Crippen molar-refractivity contribution in [2.45, 2.75) is 39.3 Å². The number of amides is 1. The summed E-state index contributed by atoms with van der Waals surface area (Å²) in [7, 11) is 0. The predicted molar refractivity (Wildman–Crippen MR) is 76.2 cm³/mol. The lowest BCUT2D eigenvalue weighted by molar-refractivity contribution is -0.122. The molecule has 4 nitrogen and oxygen atoms in total. The minimum Gasteiger partial charge on any atom is -0.348 e. The molecule has 0 spiro atoms. The Hall–Kier alpha value is -0.360. The number of rotatable bonds is 4. The highest BCUT2D eigenvalue weighted by Crippen LogP contribution is 2.15. The quantitative estimate of drug-likeness (QED) is 0.896. The lowest BCUT2D eigenvalue weighted by atomic mass is 10.2. The van der Waals surface area contributed by atoms with Gasteiger partial charge in [0.1, 0.15) is 0 Å². The van der Waals surface area contributed by atoms with Crippen LogP contribution >= 0.6 is 36.2 Å². The van der Waals surface area contributed by atoms with Crippen molar-refractivity contribution in [3.05, 3.63) is 16.1 Å². The van der Waals surface area contributed by atoms with Crippen LogP contribution in [-0.2, 0) is 4.79 Å². The third-order valence-corrected chi connectivity index (χ3v) is 2.76. The zero-order chi connectivity index (χ0) is 11.4. The zero-order valence-electron chi connectivity index (χ0n) is 10.1. The summed E-state index contributed by atoms with van der Waals surface area (Å²) >= 11 is 1.59. The van der Waals surface area contributed by atoms with Crippen LogP contribution in [0.2, 0.25) is 0 Å². The molecule has 0 aromatic carbocycles. The minimum absolute atomic E-state index is 0. The van der Waals surface area contributed by atoms with E-state index in [1.165, 1.54) is 0 Å². The van der Waals surface area contributed by atoms with Gasteiger partial charge in [-0.2, -0.15) is 0 Å². The summed E-state index contributed by atoms with van der Waals surface area (Å²) in [5.41, 5.74) is 6.45. The zero-order valence-corrected chi connectivity index (χ0v) is 12.5. The van der Waals surface area contributed by atoms with E-state index in [0.29, 0.717) is 6.42 Å². The summed E-state index contributed by atoms with van der Waals surface area (Å²) in [5, 5.41) is 5.84. The Kier molecular flexibility index (Phi) is 9.71. The van der Waals surface area contributed by atoms with E-state index in [2.05, 4.69) is 10.3 Å². The molecule has 1 heterocycles. The number of aryl methyl sites for hydroxylation is 1. The average Bonchev–Trinajstić information content (AvgIpc) is 2.49. The highest BCUT2D eigenvalue weighted by molar-refractivity contribution is 7.09. The standard InChI is InChI=1S/C10H17N3OS.2ClH/c1-6(11)4-10(14)12-7(2)9-5-15-8(3)13-9;;/h5-7H,4,11H2,1-3H3,(H,12,14);2*1H. The molecular weight excluding hydrogens is 281 g/mol. The second kappa shape index (κ2) is 8.69. The van der Waals surface area contributed by atoms with E-state index in [0.717, 1.165) is 10.7 Å². The maximum absolute atomic E-state index is 11.4. The first-order valence-electron chi connectivity index (χ1n) is 4.96. The first-order chi connectivity index (χ1) is 6.99. The summed E-state index contributed by atoms with van der Waals surface area (Å²) in [5.74, 6) is -0.0249. The average molecular weight is 300 g/mol. The van der Waals surface area contributed by atoms with Crippen LogP contribution in [0.15, 0.2) is 5.38 Å². The number of carbonyl (C=O) groups is 1. The Bertz CT molecular complexity index is 344. The number of aromatic nitrogens is 1. The van der Waals surface area contributed by atoms with Gasteiger partial charge in [0.25, 0.3) is 0 Å². The SMILES string of the molecule is Cc1nc(C(C)NC(=O)CC(C)N)cs1.Cl.Cl. The molecule has 7 heteroatoms. The van der Waals surface area contributed by atoms with Gasteiger partial charge in [0.05, 0.1) is 16.7 Å². The van der Waals surface area contributed by atoms with Crippen molar-refractivity contribution < 1.29 is 4.79 Å². The first kappa shape index (κ1) is 19.0. The van der Waals surface area contributed by atoms with Crippen molar-refractivity contribution in [1.29, 1.82) is 0 Å². The Morgan fingerprint density at radius 3 is 2.53 bits per heavy atom. The number of nitrogens with one attached hydrogen (secondary N) is 1. The minimum atomic E-state index is -0.102. The third-order valence-electron chi connectivity index (χ3n) is 1.97. The van der Waals surface area contributed by atoms with Crippen molar-refractivity contribution in [3.8, 4) is 0 Å². The molecule has 2 atom stereocenters. The summed E-state index contributed by atoms with van der Waals surface area (Å²) in [6, 6.07) is -0.143. The number of nitrogens with two attached hydrogens (primary N) is 1. The van der Waals surface area contributed by atoms with Gasteiger partial charge in [0.2, 0.25) is 5.91 Å². The highest BCUT2D eigenvalue weighted by Gasteiger charge is 2.12. The fourth-order valence-electron chi connectivity index (χ4n) is 1.25. The molecule has 0 bridgehead atoms. The lowest BCUT2D eigenvalue weighted by Crippen LogP contribution is -2.31. The van der Waals surface area contributed by atoms with Crippen LogP contribution in [0.25, 0.3) is 0 Å². The molecule has 1 aromatic rings. The molecule has 0 saturated heterocycles. The van der Waals surface area contributed by atoms with Gasteiger partial charge in [-0.15, -0.1) is 36.2 Å². The van der Waals surface area contributed by atoms with E-state index in [1.54, 1.807) is 11.3 Å². The number of nitrogens with zero attached hydrogens (tertiary/aromatic N) is 1. The van der Waals surface area contributed by atoms with Crippen molar-refractivity contribution >= 4 is 42.1 Å². The Morgan fingerprint density at radius 2 is 2.12 bits per heavy atom. The first-order valence-corrected chi connectivity index (χ1v) is 5.84. The second-order valence-electron chi connectivity index (χ2n) is 3.76. The normalized spacial score (nSPS) is 12.9. The summed E-state index contributed by atoms with van der Waals surface area (Å²) in [4.78, 5) is 15.7. The summed E-state index contributed by atoms with van der Waals surface area (Å²) in [6.07, 6.45) is 0.355. The predicted octanol–water partition coefficient (Wildman–Crippen LogP) is 2.21. The van der Waals surface area contributed by atoms with Gasteiger partial charge in [-0.05, 0) is 20.8 Å². The molecule has 1 aromatic heterocycles. The molecule has 1 rings (SSSR count). The lowest BCUT2D eigenvalue weighted by Gasteiger charge is -2.12. The van der Waals surface area contributed by atoms with Crippen LogP contribution < -0.4 is 11.1 Å². The molecule has 0 aliphatic carbocycles. The summed E-state index contributed by atoms with van der Waals surface area (Å²) in [6.45, 7) is 5.69. The van der Waals surface area contributed by atoms with E-state index in [1.807, 2.05) is 26.2 Å². The number of carbonyl (C=O) groups excluding carboxylic acids is 1. The van der Waals surface area contributed by atoms with Crippen LogP contribution in [-0.4, -0.2) is 16.9 Å². The smallest absolute Gasteiger partial charge is 0.222 e. The van der Waals surface area contributed by atoms with E-state index < -0.39 is 0 Å². The monoisotopic (exact) mass is 299 g/mol. The van der Waals surface area contributed by atoms with Gasteiger partial charge in [0, 0.05) is 17.8 Å². The highest BCUT2D eigenvalue weighted by atomic mass is 35.5. The van der Waals surface area contributed by atoms with Crippen LogP contribution in [0, 0.1) is 6.92 Å². The van der Waals surface area contributed by atoms with Crippen LogP contribution in [0.1, 0.15) is 37.0 Å². The maximum atomic E-state index is 11.4. The van der Waals surface area contributed by atoms with Gasteiger partial charge in [-0.3, -0.25) is 4.79 Å². The van der Waals surface area contributed by atoms with Crippen molar-refractivity contribution in [2.75, 3.05) is 0 Å². The van der Waals surface area contributed by atoms with Gasteiger partial charge < -0.3 is 11.1 Å². The Balaban J connectivity index is 0. The fraction of sp³-hybridized carbons (Fsp3) is 0.600. The van der Waals surface area contributed by atoms with Gasteiger partial charge >= 0.3 is 0 Å². The molecular formula is C10H19Cl2N3OS. The van der Waals surface area contributed by atoms with Crippen LogP contribution in [0.4, 0.5) is 0 Å². The van der Waals surface area contributed by atoms with E-state index >= 15 is 0 Å². The molecule has 0 aliphatic rings. The Morgan fingerprint density at radius 1 is 1.53 bits per heavy atom. The van der Waals surface area contributed by atoms with Crippen molar-refractivity contribution in [1.82, 2.24) is 10.3 Å². The molecule has 0 fully saturated rings. The molecule has 100 valence electrons. The largest absolute Gasteiger partial charge is 0.348 e.